The minimum absolute atomic E-state index is 0.0519. The summed E-state index contributed by atoms with van der Waals surface area (Å²) in [6.07, 6.45) is 6.27. The molecule has 0 N–H and O–H groups in total. The number of ether oxygens (including phenoxy) is 3. The number of unbranched alkanes of at least 4 members (excludes halogenated alkanes) is 4. The lowest BCUT2D eigenvalue weighted by molar-refractivity contribution is -0.190. The summed E-state index contributed by atoms with van der Waals surface area (Å²) in [5.74, 6) is -4.54. The van der Waals surface area contributed by atoms with E-state index in [1.165, 1.54) is 37.5 Å². The Hall–Kier alpha value is -2.90. The lowest BCUT2D eigenvalue weighted by atomic mass is 9.94. The van der Waals surface area contributed by atoms with Crippen molar-refractivity contribution in [2.75, 3.05) is 19.8 Å². The van der Waals surface area contributed by atoms with E-state index in [2.05, 4.69) is 6.92 Å². The minimum atomic E-state index is -1.06. The summed E-state index contributed by atoms with van der Waals surface area (Å²) in [6, 6.07) is 12.1. The highest BCUT2D eigenvalue weighted by Gasteiger charge is 2.27. The Morgan fingerprint density at radius 1 is 0.684 bits per heavy atom. The summed E-state index contributed by atoms with van der Waals surface area (Å²) in [7, 11) is 0. The maximum Gasteiger partial charge on any atom is 0.201 e. The quantitative estimate of drug-likeness (QED) is 0.183. The topological polar surface area (TPSA) is 27.7 Å². The Kier molecular flexibility index (Phi) is 9.80. The van der Waals surface area contributed by atoms with E-state index in [0.29, 0.717) is 11.1 Å². The second-order valence-corrected chi connectivity index (χ2v) is 9.58. The normalized spacial score (nSPS) is 17.5. The molecule has 0 aromatic heterocycles. The van der Waals surface area contributed by atoms with Crippen LogP contribution in [-0.2, 0) is 9.47 Å². The van der Waals surface area contributed by atoms with Crippen LogP contribution in [-0.4, -0.2) is 26.1 Å². The van der Waals surface area contributed by atoms with E-state index >= 15 is 8.78 Å². The number of rotatable bonds is 11. The molecule has 4 rings (SSSR count). The second kappa shape index (κ2) is 13.3. The Morgan fingerprint density at radius 3 is 1.87 bits per heavy atom. The standard InChI is InChI=1S/C31H34F4O3/c1-3-5-6-7-8-9-27-37-18-22(19-38-27)25-15-14-23(28(32)29(25)33)20-10-12-21(13-11-20)24-16-17-26(36-4-2)31(35)30(24)34/h10-17,22,27H,3-9,18-19H2,1-2H3. The fourth-order valence-corrected chi connectivity index (χ4v) is 4.76. The monoisotopic (exact) mass is 530 g/mol. The van der Waals surface area contributed by atoms with Gasteiger partial charge in [0.25, 0.3) is 0 Å². The Morgan fingerprint density at radius 2 is 1.26 bits per heavy atom. The van der Waals surface area contributed by atoms with Crippen LogP contribution in [0.3, 0.4) is 0 Å². The van der Waals surface area contributed by atoms with Gasteiger partial charge in [-0.3, -0.25) is 0 Å². The fraction of sp³-hybridized carbons (Fsp3) is 0.419. The molecule has 1 aliphatic heterocycles. The van der Waals surface area contributed by atoms with E-state index in [1.807, 2.05) is 0 Å². The molecule has 1 saturated heterocycles. The van der Waals surface area contributed by atoms with Crippen molar-refractivity contribution in [1.29, 1.82) is 0 Å². The van der Waals surface area contributed by atoms with Crippen LogP contribution < -0.4 is 4.74 Å². The molecule has 1 heterocycles. The molecule has 3 nitrogen and oxygen atoms in total. The zero-order valence-electron chi connectivity index (χ0n) is 21.9. The Balaban J connectivity index is 1.43. The van der Waals surface area contributed by atoms with Crippen molar-refractivity contribution < 1.29 is 31.8 Å². The highest BCUT2D eigenvalue weighted by atomic mass is 19.2. The molecule has 3 aromatic carbocycles. The highest BCUT2D eigenvalue weighted by Crippen LogP contribution is 2.34. The van der Waals surface area contributed by atoms with Gasteiger partial charge in [0.05, 0.1) is 19.8 Å². The third-order valence-corrected chi connectivity index (χ3v) is 6.92. The molecule has 0 atom stereocenters. The van der Waals surface area contributed by atoms with Crippen LogP contribution >= 0.6 is 0 Å². The predicted molar refractivity (Wildman–Crippen MR) is 140 cm³/mol. The molecule has 1 fully saturated rings. The average Bonchev–Trinajstić information content (AvgIpc) is 2.93. The third-order valence-electron chi connectivity index (χ3n) is 6.92. The molecule has 0 bridgehead atoms. The number of benzene rings is 3. The molecule has 0 unspecified atom stereocenters. The maximum absolute atomic E-state index is 15.1. The van der Waals surface area contributed by atoms with E-state index in [9.17, 15) is 8.78 Å². The lowest BCUT2D eigenvalue weighted by Crippen LogP contribution is -2.31. The molecular formula is C31H34F4O3. The van der Waals surface area contributed by atoms with E-state index in [1.54, 1.807) is 37.3 Å². The van der Waals surface area contributed by atoms with Gasteiger partial charge in [-0.05, 0) is 48.6 Å². The molecular weight excluding hydrogens is 496 g/mol. The van der Waals surface area contributed by atoms with Crippen LogP contribution in [0.15, 0.2) is 48.5 Å². The van der Waals surface area contributed by atoms with Gasteiger partial charge in [0.1, 0.15) is 0 Å². The van der Waals surface area contributed by atoms with Gasteiger partial charge in [-0.2, -0.15) is 4.39 Å². The third kappa shape index (κ3) is 6.38. The van der Waals surface area contributed by atoms with Crippen molar-refractivity contribution in [3.8, 4) is 28.0 Å². The molecule has 0 radical (unpaired) electrons. The first-order chi connectivity index (χ1) is 18.4. The number of hydrogen-bond acceptors (Lipinski definition) is 3. The number of hydrogen-bond donors (Lipinski definition) is 0. The summed E-state index contributed by atoms with van der Waals surface area (Å²) in [5, 5.41) is 0. The lowest BCUT2D eigenvalue weighted by Gasteiger charge is -2.30. The van der Waals surface area contributed by atoms with E-state index in [-0.39, 0.29) is 48.6 Å². The summed E-state index contributed by atoms with van der Waals surface area (Å²) >= 11 is 0. The van der Waals surface area contributed by atoms with Gasteiger partial charge in [-0.1, -0.05) is 69.0 Å². The van der Waals surface area contributed by atoms with E-state index < -0.39 is 29.2 Å². The van der Waals surface area contributed by atoms with Gasteiger partial charge in [0.2, 0.25) is 5.82 Å². The maximum atomic E-state index is 15.1. The van der Waals surface area contributed by atoms with Crippen LogP contribution in [0.1, 0.15) is 63.9 Å². The molecule has 38 heavy (non-hydrogen) atoms. The molecule has 0 saturated carbocycles. The number of halogens is 4. The largest absolute Gasteiger partial charge is 0.491 e. The molecule has 0 amide bonds. The van der Waals surface area contributed by atoms with E-state index in [4.69, 9.17) is 14.2 Å². The summed E-state index contributed by atoms with van der Waals surface area (Å²) in [6.45, 7) is 4.62. The van der Waals surface area contributed by atoms with Crippen LogP contribution in [0.25, 0.3) is 22.3 Å². The van der Waals surface area contributed by atoms with Gasteiger partial charge >= 0.3 is 0 Å². The first-order valence-electron chi connectivity index (χ1n) is 13.4. The zero-order chi connectivity index (χ0) is 27.1. The van der Waals surface area contributed by atoms with Crippen molar-refractivity contribution >= 4 is 0 Å². The second-order valence-electron chi connectivity index (χ2n) is 9.58. The minimum Gasteiger partial charge on any atom is -0.491 e. The first-order valence-corrected chi connectivity index (χ1v) is 13.4. The van der Waals surface area contributed by atoms with Gasteiger partial charge in [0, 0.05) is 17.0 Å². The molecule has 204 valence electrons. The summed E-state index contributed by atoms with van der Waals surface area (Å²) in [5.41, 5.74) is 1.18. The van der Waals surface area contributed by atoms with Crippen molar-refractivity contribution in [3.05, 3.63) is 77.4 Å². The van der Waals surface area contributed by atoms with Gasteiger partial charge < -0.3 is 14.2 Å². The van der Waals surface area contributed by atoms with Crippen LogP contribution in [0, 0.1) is 23.3 Å². The smallest absolute Gasteiger partial charge is 0.201 e. The van der Waals surface area contributed by atoms with Crippen molar-refractivity contribution in [2.45, 2.75) is 64.6 Å². The Labute approximate surface area is 221 Å². The van der Waals surface area contributed by atoms with Crippen LogP contribution in [0.2, 0.25) is 0 Å². The molecule has 0 aliphatic carbocycles. The van der Waals surface area contributed by atoms with Gasteiger partial charge in [0.15, 0.2) is 29.5 Å². The highest BCUT2D eigenvalue weighted by molar-refractivity contribution is 5.71. The van der Waals surface area contributed by atoms with Gasteiger partial charge in [-0.15, -0.1) is 0 Å². The first kappa shape index (κ1) is 28.1. The summed E-state index contributed by atoms with van der Waals surface area (Å²) in [4.78, 5) is 0. The molecule has 7 heteroatoms. The van der Waals surface area contributed by atoms with Crippen molar-refractivity contribution in [2.24, 2.45) is 0 Å². The van der Waals surface area contributed by atoms with Crippen molar-refractivity contribution in [1.82, 2.24) is 0 Å². The van der Waals surface area contributed by atoms with Crippen LogP contribution in [0.4, 0.5) is 17.6 Å². The Bertz CT molecular complexity index is 1200. The van der Waals surface area contributed by atoms with Gasteiger partial charge in [-0.25, -0.2) is 13.2 Å². The zero-order valence-corrected chi connectivity index (χ0v) is 21.9. The van der Waals surface area contributed by atoms with E-state index in [0.717, 1.165) is 19.3 Å². The fourth-order valence-electron chi connectivity index (χ4n) is 4.76. The van der Waals surface area contributed by atoms with Crippen LogP contribution in [0.5, 0.6) is 5.75 Å². The SMILES string of the molecule is CCCCCCCC1OCC(c2ccc(-c3ccc(-c4ccc(OCC)c(F)c4F)cc3)c(F)c2F)CO1. The summed E-state index contributed by atoms with van der Waals surface area (Å²) < 4.78 is 75.7. The van der Waals surface area contributed by atoms with Crippen molar-refractivity contribution in [3.63, 3.8) is 0 Å². The average molecular weight is 531 g/mol. The molecule has 3 aromatic rings. The molecule has 0 spiro atoms. The molecule has 1 aliphatic rings. The predicted octanol–water partition coefficient (Wildman–Crippen LogP) is 8.79.